The summed E-state index contributed by atoms with van der Waals surface area (Å²) in [4.78, 5) is 22.1. The average Bonchev–Trinajstić information content (AvgIpc) is 2.15. The number of hydrogen-bond donors (Lipinski definition) is 1. The predicted molar refractivity (Wildman–Crippen MR) is 65.5 cm³/mol. The van der Waals surface area contributed by atoms with Crippen molar-refractivity contribution in [2.75, 3.05) is 0 Å². The second-order valence-corrected chi connectivity index (χ2v) is 5.16. The molecule has 0 heterocycles. The minimum atomic E-state index is -0.987. The second-order valence-electron chi connectivity index (χ2n) is 3.35. The normalized spacial score (nSPS) is 12.2. The summed E-state index contributed by atoms with van der Waals surface area (Å²) in [5.74, 6) is -1.13. The van der Waals surface area contributed by atoms with Gasteiger partial charge >= 0.3 is 5.97 Å². The van der Waals surface area contributed by atoms with Gasteiger partial charge in [0.05, 0.1) is 11.2 Å². The molecule has 0 fully saturated rings. The number of alkyl halides is 1. The van der Waals surface area contributed by atoms with Crippen molar-refractivity contribution < 1.29 is 14.7 Å². The summed E-state index contributed by atoms with van der Waals surface area (Å²) in [6.45, 7) is 1.70. The van der Waals surface area contributed by atoms with Gasteiger partial charge in [0, 0.05) is 10.6 Å². The van der Waals surface area contributed by atoms with Crippen LogP contribution in [0.1, 0.15) is 22.8 Å². The molecule has 0 aliphatic heterocycles. The molecule has 1 atom stereocenters. The van der Waals surface area contributed by atoms with Crippen LogP contribution in [-0.4, -0.2) is 21.7 Å². The molecule has 0 aliphatic carbocycles. The summed E-state index contributed by atoms with van der Waals surface area (Å²) in [6.07, 6.45) is -0.207. The van der Waals surface area contributed by atoms with Crippen LogP contribution in [0.25, 0.3) is 0 Å². The molecule has 0 amide bonds. The number of rotatable bonds is 4. The third-order valence-corrected chi connectivity index (χ3v) is 2.69. The number of hydrogen-bond acceptors (Lipinski definition) is 2. The number of Topliss-reactive ketones (excluding diaryl/α,β-unsaturated/α-hetero) is 1. The monoisotopic (exact) mass is 304 g/mol. The van der Waals surface area contributed by atoms with Crippen molar-refractivity contribution in [1.29, 1.82) is 0 Å². The third-order valence-electron chi connectivity index (χ3n) is 2.04. The fraction of sp³-hybridized carbons (Fsp3) is 0.273. The molecule has 3 nitrogen and oxygen atoms in total. The van der Waals surface area contributed by atoms with Crippen LogP contribution in [0.2, 0.25) is 5.02 Å². The SMILES string of the molecule is CC(Br)C(=O)c1ccc(Cl)cc1CC(=O)O. The van der Waals surface area contributed by atoms with Gasteiger partial charge in [-0.1, -0.05) is 27.5 Å². The van der Waals surface area contributed by atoms with Gasteiger partial charge in [-0.2, -0.15) is 0 Å². The highest BCUT2D eigenvalue weighted by molar-refractivity contribution is 9.10. The standard InChI is InChI=1S/C11H10BrClO3/c1-6(12)11(16)9-3-2-8(13)4-7(9)5-10(14)15/h2-4,6H,5H2,1H3,(H,14,15). The number of aliphatic carboxylic acids is 1. The molecule has 0 aliphatic rings. The van der Waals surface area contributed by atoms with E-state index in [1.165, 1.54) is 6.07 Å². The molecule has 5 heteroatoms. The van der Waals surface area contributed by atoms with Crippen LogP contribution in [0.5, 0.6) is 0 Å². The Morgan fingerprint density at radius 3 is 2.62 bits per heavy atom. The van der Waals surface area contributed by atoms with Crippen molar-refractivity contribution >= 4 is 39.3 Å². The second kappa shape index (κ2) is 5.46. The van der Waals surface area contributed by atoms with Crippen molar-refractivity contribution in [3.05, 3.63) is 34.3 Å². The van der Waals surface area contributed by atoms with E-state index >= 15 is 0 Å². The number of halogens is 2. The third kappa shape index (κ3) is 3.32. The molecule has 0 aromatic heterocycles. The molecule has 0 saturated carbocycles. The van der Waals surface area contributed by atoms with E-state index in [4.69, 9.17) is 16.7 Å². The van der Waals surface area contributed by atoms with E-state index in [0.29, 0.717) is 16.1 Å². The number of ketones is 1. The van der Waals surface area contributed by atoms with E-state index in [9.17, 15) is 9.59 Å². The van der Waals surface area contributed by atoms with Gasteiger partial charge in [-0.3, -0.25) is 9.59 Å². The van der Waals surface area contributed by atoms with Gasteiger partial charge in [0.1, 0.15) is 0 Å². The average molecular weight is 306 g/mol. The lowest BCUT2D eigenvalue weighted by molar-refractivity contribution is -0.136. The van der Waals surface area contributed by atoms with Crippen molar-refractivity contribution in [2.24, 2.45) is 0 Å². The van der Waals surface area contributed by atoms with Gasteiger partial charge in [0.25, 0.3) is 0 Å². The molecule has 1 rings (SSSR count). The largest absolute Gasteiger partial charge is 0.481 e. The number of carbonyl (C=O) groups is 2. The topological polar surface area (TPSA) is 54.4 Å². The first-order valence-electron chi connectivity index (χ1n) is 4.60. The van der Waals surface area contributed by atoms with E-state index in [2.05, 4.69) is 15.9 Å². The summed E-state index contributed by atoms with van der Waals surface area (Å²) < 4.78 is 0. The summed E-state index contributed by atoms with van der Waals surface area (Å²) in [6, 6.07) is 4.65. The molecule has 1 aromatic carbocycles. The smallest absolute Gasteiger partial charge is 0.307 e. The molecule has 16 heavy (non-hydrogen) atoms. The van der Waals surface area contributed by atoms with Gasteiger partial charge in [-0.15, -0.1) is 0 Å². The lowest BCUT2D eigenvalue weighted by Crippen LogP contribution is -2.14. The van der Waals surface area contributed by atoms with Crippen LogP contribution in [0, 0.1) is 0 Å². The van der Waals surface area contributed by atoms with Gasteiger partial charge in [0.15, 0.2) is 5.78 Å². The molecule has 0 bridgehead atoms. The van der Waals surface area contributed by atoms with Crippen LogP contribution >= 0.6 is 27.5 Å². The van der Waals surface area contributed by atoms with Gasteiger partial charge < -0.3 is 5.11 Å². The number of carbonyl (C=O) groups excluding carboxylic acids is 1. The van der Waals surface area contributed by atoms with E-state index < -0.39 is 5.97 Å². The molecule has 1 N–H and O–H groups in total. The van der Waals surface area contributed by atoms with Crippen LogP contribution < -0.4 is 0 Å². The fourth-order valence-corrected chi connectivity index (χ4v) is 1.77. The Labute approximate surface area is 107 Å². The van der Waals surface area contributed by atoms with Crippen molar-refractivity contribution in [2.45, 2.75) is 18.2 Å². The Hall–Kier alpha value is -0.870. The Morgan fingerprint density at radius 2 is 2.12 bits per heavy atom. The molecule has 0 saturated heterocycles. The summed E-state index contributed by atoms with van der Waals surface area (Å²) in [5.41, 5.74) is 0.840. The minimum absolute atomic E-state index is 0.145. The molecular weight excluding hydrogens is 295 g/mol. The zero-order chi connectivity index (χ0) is 12.3. The molecule has 1 unspecified atom stereocenters. The molecule has 0 spiro atoms. The Balaban J connectivity index is 3.17. The zero-order valence-corrected chi connectivity index (χ0v) is 10.9. The Morgan fingerprint density at radius 1 is 1.50 bits per heavy atom. The van der Waals surface area contributed by atoms with Crippen LogP contribution in [0.4, 0.5) is 0 Å². The van der Waals surface area contributed by atoms with Crippen molar-refractivity contribution in [3.8, 4) is 0 Å². The lowest BCUT2D eigenvalue weighted by atomic mass is 10.00. The number of benzene rings is 1. The molecular formula is C11H10BrClO3. The Kier molecular flexibility index (Phi) is 4.50. The first-order valence-corrected chi connectivity index (χ1v) is 5.89. The summed E-state index contributed by atoms with van der Waals surface area (Å²) in [7, 11) is 0. The fourth-order valence-electron chi connectivity index (χ4n) is 1.33. The molecule has 0 radical (unpaired) electrons. The first-order chi connectivity index (χ1) is 7.41. The number of carboxylic acids is 1. The molecule has 86 valence electrons. The quantitative estimate of drug-likeness (QED) is 0.687. The maximum Gasteiger partial charge on any atom is 0.307 e. The highest BCUT2D eigenvalue weighted by atomic mass is 79.9. The first kappa shape index (κ1) is 13.2. The highest BCUT2D eigenvalue weighted by Crippen LogP contribution is 2.20. The predicted octanol–water partition coefficient (Wildman–Crippen LogP) is 2.93. The maximum atomic E-state index is 11.8. The van der Waals surface area contributed by atoms with E-state index in [1.54, 1.807) is 19.1 Å². The van der Waals surface area contributed by atoms with Gasteiger partial charge in [-0.25, -0.2) is 0 Å². The highest BCUT2D eigenvalue weighted by Gasteiger charge is 2.17. The summed E-state index contributed by atoms with van der Waals surface area (Å²) >= 11 is 8.93. The minimum Gasteiger partial charge on any atom is -0.481 e. The van der Waals surface area contributed by atoms with Crippen molar-refractivity contribution in [3.63, 3.8) is 0 Å². The maximum absolute atomic E-state index is 11.8. The zero-order valence-electron chi connectivity index (χ0n) is 8.54. The number of carboxylic acid groups (broad SMARTS) is 1. The summed E-state index contributed by atoms with van der Waals surface area (Å²) in [5, 5.41) is 9.16. The van der Waals surface area contributed by atoms with E-state index in [0.717, 1.165) is 0 Å². The van der Waals surface area contributed by atoms with Crippen molar-refractivity contribution in [1.82, 2.24) is 0 Å². The van der Waals surface area contributed by atoms with Gasteiger partial charge in [-0.05, 0) is 30.7 Å². The van der Waals surface area contributed by atoms with Crippen LogP contribution in [-0.2, 0) is 11.2 Å². The van der Waals surface area contributed by atoms with E-state index in [-0.39, 0.29) is 17.0 Å². The van der Waals surface area contributed by atoms with Crippen LogP contribution in [0.15, 0.2) is 18.2 Å². The Bertz CT molecular complexity index is 429. The molecule has 1 aromatic rings. The van der Waals surface area contributed by atoms with E-state index in [1.807, 2.05) is 0 Å². The lowest BCUT2D eigenvalue weighted by Gasteiger charge is -2.08. The van der Waals surface area contributed by atoms with Gasteiger partial charge in [0.2, 0.25) is 0 Å². The van der Waals surface area contributed by atoms with Crippen LogP contribution in [0.3, 0.4) is 0 Å².